The maximum absolute atomic E-state index is 12.0. The number of halogens is 1. The van der Waals surface area contributed by atoms with Gasteiger partial charge in [-0.2, -0.15) is 0 Å². The van der Waals surface area contributed by atoms with Crippen LogP contribution in [0.15, 0.2) is 60.3 Å². The zero-order valence-corrected chi connectivity index (χ0v) is 23.6. The molecule has 0 aliphatic heterocycles. The van der Waals surface area contributed by atoms with Gasteiger partial charge in [0.25, 0.3) is 0 Å². The molecule has 190 valence electrons. The Labute approximate surface area is 219 Å². The first kappa shape index (κ1) is 27.5. The minimum atomic E-state index is -1.38. The van der Waals surface area contributed by atoms with Crippen molar-refractivity contribution in [2.45, 2.75) is 59.5 Å². The molecule has 1 heterocycles. The predicted molar refractivity (Wildman–Crippen MR) is 149 cm³/mol. The maximum Gasteiger partial charge on any atom is 0.331 e. The molecule has 1 aromatic heterocycles. The molecule has 3 rings (SSSR count). The number of carboxylic acid groups (broad SMARTS) is 1. The van der Waals surface area contributed by atoms with Crippen LogP contribution in [0.2, 0.25) is 30.7 Å². The topological polar surface area (TPSA) is 68.7 Å². The molecule has 5 nitrogen and oxygen atoms in total. The van der Waals surface area contributed by atoms with Crippen molar-refractivity contribution in [3.63, 3.8) is 0 Å². The van der Waals surface area contributed by atoms with Crippen molar-refractivity contribution in [3.05, 3.63) is 87.6 Å². The number of ether oxygens (including phenoxy) is 2. The summed E-state index contributed by atoms with van der Waals surface area (Å²) in [4.78, 5) is 16.3. The Morgan fingerprint density at radius 2 is 1.75 bits per heavy atom. The molecule has 0 atom stereocenters. The van der Waals surface area contributed by atoms with Crippen LogP contribution in [0.4, 0.5) is 0 Å². The van der Waals surface area contributed by atoms with Crippen molar-refractivity contribution < 1.29 is 19.4 Å². The second-order valence-corrected chi connectivity index (χ2v) is 16.3. The molecular formula is C29H34ClNO4Si. The lowest BCUT2D eigenvalue weighted by molar-refractivity contribution is -0.132. The second kappa shape index (κ2) is 11.8. The molecule has 0 radical (unpaired) electrons. The van der Waals surface area contributed by atoms with Crippen LogP contribution in [-0.2, 0) is 11.4 Å². The minimum Gasteiger partial charge on any atom is -0.487 e. The van der Waals surface area contributed by atoms with Crippen LogP contribution >= 0.6 is 11.6 Å². The Morgan fingerprint density at radius 1 is 1.06 bits per heavy atom. The first-order valence-electron chi connectivity index (χ1n) is 12.0. The molecule has 0 fully saturated rings. The Bertz CT molecular complexity index is 1220. The Balaban J connectivity index is 1.74. The van der Waals surface area contributed by atoms with E-state index in [9.17, 15) is 9.90 Å². The fourth-order valence-electron chi connectivity index (χ4n) is 3.67. The number of carbonyl (C=O) groups is 1. The van der Waals surface area contributed by atoms with E-state index in [1.807, 2.05) is 32.0 Å². The molecule has 0 aliphatic rings. The molecule has 0 saturated heterocycles. The van der Waals surface area contributed by atoms with Gasteiger partial charge in [-0.3, -0.25) is 0 Å². The van der Waals surface area contributed by atoms with Gasteiger partial charge < -0.3 is 14.6 Å². The molecule has 7 heteroatoms. The van der Waals surface area contributed by atoms with Crippen molar-refractivity contribution in [1.82, 2.24) is 4.98 Å². The molecule has 36 heavy (non-hydrogen) atoms. The van der Waals surface area contributed by atoms with Crippen molar-refractivity contribution in [3.8, 4) is 17.4 Å². The standard InChI is InChI=1S/C29H34ClNO4Si/c1-19-7-9-22(10-8-19)18-34-24-11-12-27(31-17-24)35-28-20(2)15-23(16-26(28)30)21(3)25(29(32)33)13-14-36(4,5)6/h7-12,15-17H,13-14,18H2,1-6H3,(H,32,33)/b25-21+. The first-order valence-corrected chi connectivity index (χ1v) is 16.1. The van der Waals surface area contributed by atoms with Gasteiger partial charge in [-0.25, -0.2) is 9.78 Å². The summed E-state index contributed by atoms with van der Waals surface area (Å²) in [5, 5.41) is 10.2. The maximum atomic E-state index is 12.0. The van der Waals surface area contributed by atoms with Crippen molar-refractivity contribution in [2.24, 2.45) is 0 Å². The van der Waals surface area contributed by atoms with Crippen LogP contribution in [0.3, 0.4) is 0 Å². The van der Waals surface area contributed by atoms with E-state index in [4.69, 9.17) is 21.1 Å². The number of hydrogen-bond donors (Lipinski definition) is 1. The monoisotopic (exact) mass is 523 g/mol. The van der Waals surface area contributed by atoms with Crippen molar-refractivity contribution in [1.29, 1.82) is 0 Å². The Morgan fingerprint density at radius 3 is 2.31 bits per heavy atom. The highest BCUT2D eigenvalue weighted by atomic mass is 35.5. The van der Waals surface area contributed by atoms with Crippen LogP contribution in [-0.4, -0.2) is 24.1 Å². The summed E-state index contributed by atoms with van der Waals surface area (Å²) in [5.74, 6) is 0.646. The van der Waals surface area contributed by atoms with Gasteiger partial charge in [0.05, 0.1) is 11.2 Å². The van der Waals surface area contributed by atoms with Crippen LogP contribution in [0.5, 0.6) is 17.4 Å². The summed E-state index contributed by atoms with van der Waals surface area (Å²) in [6.07, 6.45) is 2.17. The van der Waals surface area contributed by atoms with E-state index >= 15 is 0 Å². The molecule has 0 amide bonds. The van der Waals surface area contributed by atoms with E-state index in [-0.39, 0.29) is 0 Å². The molecule has 1 N–H and O–H groups in total. The van der Waals surface area contributed by atoms with E-state index in [1.54, 1.807) is 24.4 Å². The smallest absolute Gasteiger partial charge is 0.331 e. The third-order valence-electron chi connectivity index (χ3n) is 5.94. The van der Waals surface area contributed by atoms with Gasteiger partial charge in [0.1, 0.15) is 12.4 Å². The summed E-state index contributed by atoms with van der Waals surface area (Å²) in [6, 6.07) is 16.3. The van der Waals surface area contributed by atoms with Gasteiger partial charge in [0, 0.05) is 19.7 Å². The third-order valence-corrected chi connectivity index (χ3v) is 7.97. The lowest BCUT2D eigenvalue weighted by atomic mass is 9.98. The molecule has 0 saturated carbocycles. The van der Waals surface area contributed by atoms with Crippen molar-refractivity contribution >= 4 is 31.2 Å². The van der Waals surface area contributed by atoms with E-state index in [2.05, 4.69) is 43.7 Å². The van der Waals surface area contributed by atoms with Gasteiger partial charge >= 0.3 is 5.97 Å². The number of allylic oxidation sites excluding steroid dienone is 1. The summed E-state index contributed by atoms with van der Waals surface area (Å²) >= 11 is 6.58. The van der Waals surface area contributed by atoms with Crippen LogP contribution in [0.25, 0.3) is 5.57 Å². The molecule has 0 aliphatic carbocycles. The molecule has 3 aromatic rings. The zero-order valence-electron chi connectivity index (χ0n) is 21.8. The quantitative estimate of drug-likeness (QED) is 0.214. The van der Waals surface area contributed by atoms with E-state index in [0.29, 0.717) is 41.0 Å². The fourth-order valence-corrected chi connectivity index (χ4v) is 4.98. The summed E-state index contributed by atoms with van der Waals surface area (Å²) < 4.78 is 11.8. The first-order chi connectivity index (χ1) is 16.9. The number of nitrogens with zero attached hydrogens (tertiary/aromatic N) is 1. The number of pyridine rings is 1. The van der Waals surface area contributed by atoms with E-state index in [0.717, 1.165) is 28.3 Å². The molecular weight excluding hydrogens is 490 g/mol. The fraction of sp³-hybridized carbons (Fsp3) is 0.310. The van der Waals surface area contributed by atoms with E-state index in [1.165, 1.54) is 5.56 Å². The van der Waals surface area contributed by atoms with Gasteiger partial charge in [0.2, 0.25) is 5.88 Å². The van der Waals surface area contributed by atoms with Gasteiger partial charge in [-0.15, -0.1) is 0 Å². The number of aryl methyl sites for hydroxylation is 2. The highest BCUT2D eigenvalue weighted by Gasteiger charge is 2.20. The third kappa shape index (κ3) is 7.70. The highest BCUT2D eigenvalue weighted by molar-refractivity contribution is 6.76. The second-order valence-electron chi connectivity index (χ2n) is 10.3. The zero-order chi connectivity index (χ0) is 26.5. The van der Waals surface area contributed by atoms with Crippen LogP contribution in [0, 0.1) is 13.8 Å². The number of benzene rings is 2. The number of rotatable bonds is 10. The van der Waals surface area contributed by atoms with Crippen LogP contribution < -0.4 is 9.47 Å². The molecule has 2 aromatic carbocycles. The van der Waals surface area contributed by atoms with Gasteiger partial charge in [-0.1, -0.05) is 67.1 Å². The SMILES string of the molecule is C/C(=C(/CC[Si](C)(C)C)C(=O)O)c1cc(C)c(Oc2ccc(OCc3ccc(C)cc3)cn2)c(Cl)c1. The lowest BCUT2D eigenvalue weighted by Crippen LogP contribution is -2.20. The van der Waals surface area contributed by atoms with E-state index < -0.39 is 14.0 Å². The minimum absolute atomic E-state index is 0.393. The summed E-state index contributed by atoms with van der Waals surface area (Å²) in [7, 11) is -1.38. The highest BCUT2D eigenvalue weighted by Crippen LogP contribution is 2.36. The average Bonchev–Trinajstić information content (AvgIpc) is 2.80. The number of carboxylic acids is 1. The summed E-state index contributed by atoms with van der Waals surface area (Å²) in [5.41, 5.74) is 5.03. The number of aliphatic carboxylic acids is 1. The molecule has 0 spiro atoms. The largest absolute Gasteiger partial charge is 0.487 e. The molecule has 0 unspecified atom stereocenters. The lowest BCUT2D eigenvalue weighted by Gasteiger charge is -2.18. The Hall–Kier alpha value is -3.09. The van der Waals surface area contributed by atoms with Gasteiger partial charge in [0.15, 0.2) is 5.75 Å². The number of hydrogen-bond acceptors (Lipinski definition) is 4. The van der Waals surface area contributed by atoms with Gasteiger partial charge in [-0.05, 0) is 67.7 Å². The molecule has 0 bridgehead atoms. The Kier molecular flexibility index (Phi) is 8.98. The predicted octanol–water partition coefficient (Wildman–Crippen LogP) is 8.31. The van der Waals surface area contributed by atoms with Crippen LogP contribution in [0.1, 0.15) is 35.6 Å². The number of aromatic nitrogens is 1. The summed E-state index contributed by atoms with van der Waals surface area (Å²) in [6.45, 7) is 13.0. The average molecular weight is 524 g/mol. The van der Waals surface area contributed by atoms with Crippen molar-refractivity contribution in [2.75, 3.05) is 0 Å². The normalized spacial score (nSPS) is 12.2.